The van der Waals surface area contributed by atoms with Gasteiger partial charge in [0.2, 0.25) is 6.41 Å². The zero-order valence-corrected chi connectivity index (χ0v) is 25.3. The molecule has 1 amide bonds. The molecule has 0 aliphatic carbocycles. The number of likely N-dealkylation sites (tertiary alicyclic amines) is 1. The minimum atomic E-state index is -0.507. The fourth-order valence-electron chi connectivity index (χ4n) is 4.09. The maximum Gasteiger partial charge on any atom is 0.342 e. The van der Waals surface area contributed by atoms with E-state index in [4.69, 9.17) is 34.3 Å². The van der Waals surface area contributed by atoms with Crippen LogP contribution in [0.2, 0.25) is 0 Å². The first-order valence-corrected chi connectivity index (χ1v) is 14.7. The predicted molar refractivity (Wildman–Crippen MR) is 161 cm³/mol. The second-order valence-corrected chi connectivity index (χ2v) is 9.50. The molecule has 1 unspecified atom stereocenters. The smallest absolute Gasteiger partial charge is 0.342 e. The number of rotatable bonds is 11. The van der Waals surface area contributed by atoms with Crippen molar-refractivity contribution in [2.24, 2.45) is 10.9 Å². The van der Waals surface area contributed by atoms with Crippen LogP contribution in [0, 0.1) is 0 Å². The number of carbonyl (C=O) groups is 2. The first-order valence-electron chi connectivity index (χ1n) is 14.7. The van der Waals surface area contributed by atoms with Gasteiger partial charge in [0.05, 0.1) is 12.3 Å². The summed E-state index contributed by atoms with van der Waals surface area (Å²) < 4.78 is 27.7. The molecule has 0 radical (unpaired) electrons. The summed E-state index contributed by atoms with van der Waals surface area (Å²) in [5.41, 5.74) is 7.64. The zero-order chi connectivity index (χ0) is 30.4. The van der Waals surface area contributed by atoms with Crippen LogP contribution >= 0.6 is 0 Å². The van der Waals surface area contributed by atoms with E-state index in [-0.39, 0.29) is 32.7 Å². The fraction of sp³-hybridized carbons (Fsp3) is 0.581. The van der Waals surface area contributed by atoms with Gasteiger partial charge in [0.1, 0.15) is 23.7 Å². The minimum absolute atomic E-state index is 0.0223. The second-order valence-electron chi connectivity index (χ2n) is 9.50. The summed E-state index contributed by atoms with van der Waals surface area (Å²) in [5.74, 6) is 0.275. The summed E-state index contributed by atoms with van der Waals surface area (Å²) in [7, 11) is 0. The summed E-state index contributed by atoms with van der Waals surface area (Å²) in [4.78, 5) is 30.4. The van der Waals surface area contributed by atoms with E-state index >= 15 is 0 Å². The van der Waals surface area contributed by atoms with Gasteiger partial charge in [0, 0.05) is 44.8 Å². The zero-order valence-electron chi connectivity index (χ0n) is 25.3. The Kier molecular flexibility index (Phi) is 17.7. The monoisotopic (exact) mass is 589 g/mol. The molecule has 0 spiro atoms. The molecule has 2 aliphatic rings. The van der Waals surface area contributed by atoms with Gasteiger partial charge in [-0.25, -0.2) is 4.79 Å². The quantitative estimate of drug-likeness (QED) is 0.0997. The number of nitrogens with two attached hydrogens (primary N) is 1. The summed E-state index contributed by atoms with van der Waals surface area (Å²) >= 11 is 0. The van der Waals surface area contributed by atoms with E-state index in [0.717, 1.165) is 19.5 Å². The van der Waals surface area contributed by atoms with Crippen LogP contribution in [-0.2, 0) is 30.3 Å². The Balaban J connectivity index is 0.000000661. The average Bonchev–Trinajstić information content (AvgIpc) is 3.00. The highest BCUT2D eigenvalue weighted by Gasteiger charge is 2.23. The van der Waals surface area contributed by atoms with Gasteiger partial charge in [-0.2, -0.15) is 0 Å². The van der Waals surface area contributed by atoms with Gasteiger partial charge >= 0.3 is 5.97 Å². The number of amides is 1. The summed E-state index contributed by atoms with van der Waals surface area (Å²) in [6.45, 7) is 9.19. The third-order valence-electron chi connectivity index (χ3n) is 6.22. The molecule has 1 atom stereocenters. The molecule has 1 saturated heterocycles. The maximum absolute atomic E-state index is 13.1. The molecule has 42 heavy (non-hydrogen) atoms. The number of allylic oxidation sites excluding steroid dienone is 1. The van der Waals surface area contributed by atoms with E-state index in [9.17, 15) is 9.59 Å². The molecule has 0 aromatic heterocycles. The third-order valence-corrected chi connectivity index (χ3v) is 6.22. The van der Waals surface area contributed by atoms with Crippen molar-refractivity contribution in [3.63, 3.8) is 0 Å². The molecule has 11 heteroatoms. The number of benzene rings is 1. The van der Waals surface area contributed by atoms with Gasteiger partial charge < -0.3 is 39.2 Å². The summed E-state index contributed by atoms with van der Waals surface area (Å²) in [5, 5.41) is 4.22. The van der Waals surface area contributed by atoms with Gasteiger partial charge in [-0.1, -0.05) is 23.4 Å². The van der Waals surface area contributed by atoms with E-state index < -0.39 is 5.97 Å². The van der Waals surface area contributed by atoms with Crippen molar-refractivity contribution in [2.45, 2.75) is 65.3 Å². The SMILES string of the molecule is CCOCOc1cc2c(c(OCOCC)c1)C(=O)OCC/C=C/C(N)C/C=C/C(=N/OCC)C2.O=CN1CCCCC1. The fourth-order valence-corrected chi connectivity index (χ4v) is 4.09. The van der Waals surface area contributed by atoms with Gasteiger partial charge in [-0.3, -0.25) is 4.79 Å². The van der Waals surface area contributed by atoms with Gasteiger partial charge in [0.15, 0.2) is 13.6 Å². The number of hydrogen-bond acceptors (Lipinski definition) is 10. The molecule has 0 saturated carbocycles. The predicted octanol–water partition coefficient (Wildman–Crippen LogP) is 4.39. The Morgan fingerprint density at radius 3 is 2.43 bits per heavy atom. The Morgan fingerprint density at radius 2 is 1.76 bits per heavy atom. The maximum atomic E-state index is 13.1. The van der Waals surface area contributed by atoms with Crippen LogP contribution in [0.3, 0.4) is 0 Å². The Hall–Kier alpha value is -3.41. The molecule has 11 nitrogen and oxygen atoms in total. The largest absolute Gasteiger partial charge is 0.467 e. The van der Waals surface area contributed by atoms with Crippen molar-refractivity contribution in [1.82, 2.24) is 4.90 Å². The topological polar surface area (TPSA) is 131 Å². The molecule has 1 aromatic rings. The van der Waals surface area contributed by atoms with E-state index in [1.54, 1.807) is 12.1 Å². The van der Waals surface area contributed by atoms with Crippen molar-refractivity contribution >= 4 is 18.1 Å². The van der Waals surface area contributed by atoms with Gasteiger partial charge in [0.25, 0.3) is 0 Å². The van der Waals surface area contributed by atoms with E-state index in [0.29, 0.717) is 61.0 Å². The Labute approximate surface area is 249 Å². The number of piperidine rings is 1. The first kappa shape index (κ1) is 34.8. The molecule has 2 heterocycles. The summed E-state index contributed by atoms with van der Waals surface area (Å²) in [6.07, 6.45) is 13.7. The molecular weight excluding hydrogens is 542 g/mol. The van der Waals surface area contributed by atoms with Crippen molar-refractivity contribution in [2.75, 3.05) is 53.1 Å². The molecular formula is C31H47N3O8. The highest BCUT2D eigenvalue weighted by atomic mass is 16.7. The van der Waals surface area contributed by atoms with Crippen LogP contribution in [0.25, 0.3) is 0 Å². The average molecular weight is 590 g/mol. The van der Waals surface area contributed by atoms with Crippen LogP contribution in [-0.4, -0.2) is 82.1 Å². The highest BCUT2D eigenvalue weighted by Crippen LogP contribution is 2.31. The van der Waals surface area contributed by atoms with E-state index in [1.165, 1.54) is 19.3 Å². The lowest BCUT2D eigenvalue weighted by atomic mass is 9.99. The van der Waals surface area contributed by atoms with Crippen LogP contribution < -0.4 is 15.2 Å². The molecule has 2 aliphatic heterocycles. The molecule has 234 valence electrons. The van der Waals surface area contributed by atoms with Crippen molar-refractivity contribution in [3.8, 4) is 11.5 Å². The number of fused-ring (bicyclic) bond motifs is 1. The number of hydrogen-bond donors (Lipinski definition) is 1. The lowest BCUT2D eigenvalue weighted by Gasteiger charge is -2.21. The van der Waals surface area contributed by atoms with Crippen LogP contribution in [0.15, 0.2) is 41.6 Å². The van der Waals surface area contributed by atoms with Gasteiger partial charge in [-0.15, -0.1) is 0 Å². The normalized spacial score (nSPS) is 20.2. The Morgan fingerprint density at radius 1 is 1.02 bits per heavy atom. The highest BCUT2D eigenvalue weighted by molar-refractivity contribution is 6.00. The number of carbonyl (C=O) groups excluding carboxylic acids is 2. The minimum Gasteiger partial charge on any atom is -0.467 e. The van der Waals surface area contributed by atoms with Gasteiger partial charge in [-0.05, 0) is 70.6 Å². The second kappa shape index (κ2) is 21.3. The number of nitrogens with zero attached hydrogens (tertiary/aromatic N) is 2. The van der Waals surface area contributed by atoms with Crippen molar-refractivity contribution in [1.29, 1.82) is 0 Å². The van der Waals surface area contributed by atoms with Crippen LogP contribution in [0.4, 0.5) is 0 Å². The Bertz CT molecular complexity index is 1020. The number of oxime groups is 1. The number of esters is 1. The van der Waals surface area contributed by atoms with Crippen molar-refractivity contribution < 1.29 is 38.1 Å². The molecule has 1 fully saturated rings. The molecule has 2 N–H and O–H groups in total. The number of ether oxygens (including phenoxy) is 5. The number of cyclic esters (lactones) is 1. The third kappa shape index (κ3) is 13.5. The molecule has 3 rings (SSSR count). The van der Waals surface area contributed by atoms with Crippen molar-refractivity contribution in [3.05, 3.63) is 47.6 Å². The lowest BCUT2D eigenvalue weighted by Crippen LogP contribution is -2.27. The molecule has 1 aromatic carbocycles. The van der Waals surface area contributed by atoms with Crippen LogP contribution in [0.1, 0.15) is 68.8 Å². The van der Waals surface area contributed by atoms with E-state index in [2.05, 4.69) is 5.16 Å². The first-order chi connectivity index (χ1) is 20.5. The summed E-state index contributed by atoms with van der Waals surface area (Å²) in [6, 6.07) is 3.25. The van der Waals surface area contributed by atoms with Crippen LogP contribution in [0.5, 0.6) is 11.5 Å². The standard InChI is InChI=1S/C25H36N2O7.C6H11NO/c1-4-29-17-32-22-15-19-14-21(27-34-6-3)12-9-11-20(26)10-7-8-13-31-25(28)24(19)23(16-22)33-18-30-5-2;8-6-7-4-2-1-3-5-7/h7,9-10,12,15-16,20H,4-6,8,11,13-14,17-18,26H2,1-3H3;6H,1-5H2/b10-7+,12-9+,27-21-;. The molecule has 0 bridgehead atoms. The van der Waals surface area contributed by atoms with E-state index in [1.807, 2.05) is 50.0 Å². The lowest BCUT2D eigenvalue weighted by molar-refractivity contribution is -0.118.